The number of hydrogen-bond acceptors (Lipinski definition) is 7. The maximum absolute atomic E-state index is 12.4. The number of aromatic nitrogens is 3. The Kier molecular flexibility index (Phi) is 5.58. The number of rotatable bonds is 6. The normalized spacial score (nSPS) is 10.5. The molecule has 0 atom stereocenters. The van der Waals surface area contributed by atoms with Gasteiger partial charge in [0.2, 0.25) is 0 Å². The molecule has 0 saturated carbocycles. The molecule has 2 heterocycles. The summed E-state index contributed by atoms with van der Waals surface area (Å²) in [5.74, 6) is 0.404. The van der Waals surface area contributed by atoms with Crippen LogP contribution >= 0.6 is 11.3 Å². The number of hydrogen-bond donors (Lipinski definition) is 1. The fourth-order valence-corrected chi connectivity index (χ4v) is 3.45. The number of carbonyl (C=O) groups excluding carboxylic acids is 1. The summed E-state index contributed by atoms with van der Waals surface area (Å²) >= 11 is 1.44. The van der Waals surface area contributed by atoms with Crippen molar-refractivity contribution in [3.05, 3.63) is 77.8 Å². The van der Waals surface area contributed by atoms with Crippen LogP contribution in [0.4, 0.5) is 10.9 Å². The van der Waals surface area contributed by atoms with Gasteiger partial charge in [-0.2, -0.15) is 0 Å². The fraction of sp³-hybridized carbons (Fsp3) is 0.0909. The van der Waals surface area contributed by atoms with Gasteiger partial charge in [-0.1, -0.05) is 60.7 Å². The first-order chi connectivity index (χ1) is 14.2. The lowest BCUT2D eigenvalue weighted by Gasteiger charge is -2.10. The van der Waals surface area contributed by atoms with Gasteiger partial charge in [-0.05, 0) is 6.92 Å². The van der Waals surface area contributed by atoms with Crippen molar-refractivity contribution >= 4 is 28.3 Å². The monoisotopic (exact) mass is 402 g/mol. The Morgan fingerprint density at radius 2 is 1.69 bits per heavy atom. The van der Waals surface area contributed by atoms with Gasteiger partial charge in [-0.25, -0.2) is 19.7 Å². The molecule has 0 saturated heterocycles. The van der Waals surface area contributed by atoms with Gasteiger partial charge in [0.1, 0.15) is 5.56 Å². The van der Waals surface area contributed by atoms with Crippen molar-refractivity contribution in [1.82, 2.24) is 15.0 Å². The average molecular weight is 402 g/mol. The van der Waals surface area contributed by atoms with Crippen LogP contribution in [-0.4, -0.2) is 27.5 Å². The van der Waals surface area contributed by atoms with Crippen LogP contribution in [-0.2, 0) is 4.74 Å². The molecule has 4 rings (SSSR count). The van der Waals surface area contributed by atoms with Gasteiger partial charge in [0.15, 0.2) is 16.8 Å². The summed E-state index contributed by atoms with van der Waals surface area (Å²) < 4.78 is 5.15. The highest BCUT2D eigenvalue weighted by Gasteiger charge is 2.18. The van der Waals surface area contributed by atoms with E-state index >= 15 is 0 Å². The molecule has 0 aliphatic heterocycles. The van der Waals surface area contributed by atoms with E-state index in [9.17, 15) is 4.79 Å². The van der Waals surface area contributed by atoms with E-state index in [1.807, 2.05) is 66.0 Å². The van der Waals surface area contributed by atoms with Crippen LogP contribution in [0, 0.1) is 0 Å². The van der Waals surface area contributed by atoms with Gasteiger partial charge in [-0.15, -0.1) is 11.3 Å². The molecule has 144 valence electrons. The molecular weight excluding hydrogens is 384 g/mol. The molecule has 0 aliphatic rings. The molecule has 0 spiro atoms. The highest BCUT2D eigenvalue weighted by Crippen LogP contribution is 2.28. The molecule has 0 radical (unpaired) electrons. The van der Waals surface area contributed by atoms with Crippen LogP contribution in [0.2, 0.25) is 0 Å². The Bertz CT molecular complexity index is 1110. The first-order valence-electron chi connectivity index (χ1n) is 9.12. The number of nitrogens with one attached hydrogen (secondary N) is 1. The maximum atomic E-state index is 12.4. The topological polar surface area (TPSA) is 77.0 Å². The molecule has 29 heavy (non-hydrogen) atoms. The zero-order valence-corrected chi connectivity index (χ0v) is 16.5. The van der Waals surface area contributed by atoms with Crippen molar-refractivity contribution in [2.45, 2.75) is 6.92 Å². The molecule has 7 heteroatoms. The average Bonchev–Trinajstić information content (AvgIpc) is 3.24. The second kappa shape index (κ2) is 8.62. The van der Waals surface area contributed by atoms with E-state index in [0.717, 1.165) is 16.8 Å². The van der Waals surface area contributed by atoms with E-state index in [0.29, 0.717) is 16.8 Å². The van der Waals surface area contributed by atoms with E-state index in [1.165, 1.54) is 17.5 Å². The number of ether oxygens (including phenoxy) is 1. The van der Waals surface area contributed by atoms with Crippen LogP contribution < -0.4 is 5.32 Å². The van der Waals surface area contributed by atoms with E-state index < -0.39 is 5.97 Å². The zero-order valence-electron chi connectivity index (χ0n) is 15.7. The van der Waals surface area contributed by atoms with Crippen molar-refractivity contribution < 1.29 is 9.53 Å². The SMILES string of the molecule is CCOC(=O)c1cnc(-c2ccccc2)nc1Nc1nc(-c2ccccc2)cs1. The second-order valence-electron chi connectivity index (χ2n) is 6.07. The van der Waals surface area contributed by atoms with Gasteiger partial charge >= 0.3 is 5.97 Å². The van der Waals surface area contributed by atoms with E-state index in [2.05, 4.69) is 20.3 Å². The molecule has 2 aromatic heterocycles. The van der Waals surface area contributed by atoms with Gasteiger partial charge < -0.3 is 10.1 Å². The van der Waals surface area contributed by atoms with Crippen molar-refractivity contribution in [1.29, 1.82) is 0 Å². The van der Waals surface area contributed by atoms with E-state index in [-0.39, 0.29) is 12.2 Å². The summed E-state index contributed by atoms with van der Waals surface area (Å²) in [7, 11) is 0. The molecule has 2 aromatic carbocycles. The van der Waals surface area contributed by atoms with Gasteiger partial charge in [0.25, 0.3) is 0 Å². The smallest absolute Gasteiger partial charge is 0.343 e. The third kappa shape index (κ3) is 4.30. The Morgan fingerprint density at radius 3 is 2.38 bits per heavy atom. The maximum Gasteiger partial charge on any atom is 0.343 e. The van der Waals surface area contributed by atoms with Crippen LogP contribution in [0.25, 0.3) is 22.6 Å². The second-order valence-corrected chi connectivity index (χ2v) is 6.93. The van der Waals surface area contributed by atoms with Crippen LogP contribution in [0.5, 0.6) is 0 Å². The standard InChI is InChI=1S/C22H18N4O2S/c1-2-28-21(27)17-13-23-19(16-11-7-4-8-12-16)25-20(17)26-22-24-18(14-29-22)15-9-5-3-6-10-15/h3-14H,2H2,1H3,(H,23,24,25,26). The molecule has 4 aromatic rings. The predicted molar refractivity (Wildman–Crippen MR) is 114 cm³/mol. The van der Waals surface area contributed by atoms with Crippen molar-refractivity contribution in [2.24, 2.45) is 0 Å². The molecule has 0 amide bonds. The highest BCUT2D eigenvalue weighted by atomic mass is 32.1. The number of carbonyl (C=O) groups is 1. The predicted octanol–water partition coefficient (Wildman–Crippen LogP) is 5.19. The minimum Gasteiger partial charge on any atom is -0.462 e. The lowest BCUT2D eigenvalue weighted by Crippen LogP contribution is -2.11. The Balaban J connectivity index is 1.69. The Labute approximate surface area is 172 Å². The minimum atomic E-state index is -0.477. The summed E-state index contributed by atoms with van der Waals surface area (Å²) in [6.45, 7) is 2.03. The van der Waals surface area contributed by atoms with E-state index in [1.54, 1.807) is 6.92 Å². The quantitative estimate of drug-likeness (QED) is 0.447. The molecule has 1 N–H and O–H groups in total. The van der Waals surface area contributed by atoms with Crippen LogP contribution in [0.1, 0.15) is 17.3 Å². The first kappa shape index (κ1) is 18.8. The number of esters is 1. The summed E-state index contributed by atoms with van der Waals surface area (Å²) in [5, 5.41) is 5.76. The molecule has 0 aliphatic carbocycles. The number of nitrogens with zero attached hydrogens (tertiary/aromatic N) is 3. The Morgan fingerprint density at radius 1 is 1.00 bits per heavy atom. The summed E-state index contributed by atoms with van der Waals surface area (Å²) in [4.78, 5) is 25.9. The fourth-order valence-electron chi connectivity index (χ4n) is 2.74. The third-order valence-corrected chi connectivity index (χ3v) is 4.87. The Hall–Kier alpha value is -3.58. The first-order valence-corrected chi connectivity index (χ1v) is 10.00. The van der Waals surface area contributed by atoms with E-state index in [4.69, 9.17) is 4.74 Å². The van der Waals surface area contributed by atoms with Crippen molar-refractivity contribution in [2.75, 3.05) is 11.9 Å². The summed E-state index contributed by atoms with van der Waals surface area (Å²) in [6.07, 6.45) is 1.49. The number of thiazole rings is 1. The van der Waals surface area contributed by atoms with Crippen LogP contribution in [0.3, 0.4) is 0 Å². The van der Waals surface area contributed by atoms with Crippen molar-refractivity contribution in [3.8, 4) is 22.6 Å². The van der Waals surface area contributed by atoms with Gasteiger partial charge in [0.05, 0.1) is 12.3 Å². The largest absolute Gasteiger partial charge is 0.462 e. The number of anilines is 2. The zero-order chi connectivity index (χ0) is 20.1. The molecule has 6 nitrogen and oxygen atoms in total. The molecule has 0 fully saturated rings. The minimum absolute atomic E-state index is 0.267. The summed E-state index contributed by atoms with van der Waals surface area (Å²) in [5.41, 5.74) is 3.00. The lowest BCUT2D eigenvalue weighted by atomic mass is 10.2. The number of benzene rings is 2. The van der Waals surface area contributed by atoms with Gasteiger partial charge in [0, 0.05) is 22.7 Å². The summed E-state index contributed by atoms with van der Waals surface area (Å²) in [6, 6.07) is 19.5. The highest BCUT2D eigenvalue weighted by molar-refractivity contribution is 7.14. The lowest BCUT2D eigenvalue weighted by molar-refractivity contribution is 0.0526. The van der Waals surface area contributed by atoms with Gasteiger partial charge in [-0.3, -0.25) is 0 Å². The van der Waals surface area contributed by atoms with Crippen molar-refractivity contribution in [3.63, 3.8) is 0 Å². The van der Waals surface area contributed by atoms with Crippen LogP contribution in [0.15, 0.2) is 72.2 Å². The molecule has 0 bridgehead atoms. The molecular formula is C22H18N4O2S. The molecule has 0 unspecified atom stereocenters. The third-order valence-electron chi connectivity index (χ3n) is 4.12.